The Labute approximate surface area is 153 Å². The van der Waals surface area contributed by atoms with Gasteiger partial charge in [-0.05, 0) is 74.8 Å². The summed E-state index contributed by atoms with van der Waals surface area (Å²) in [7, 11) is 3.81. The molecule has 2 rings (SSSR count). The molecule has 3 nitrogen and oxygen atoms in total. The highest BCUT2D eigenvalue weighted by Crippen LogP contribution is 2.35. The Morgan fingerprint density at radius 1 is 1.20 bits per heavy atom. The average molecular weight is 364 g/mol. The second kappa shape index (κ2) is 7.98. The van der Waals surface area contributed by atoms with E-state index < -0.39 is 5.82 Å². The van der Waals surface area contributed by atoms with Gasteiger partial charge in [0.15, 0.2) is 0 Å². The van der Waals surface area contributed by atoms with Crippen molar-refractivity contribution in [3.8, 4) is 5.75 Å². The largest absolute Gasteiger partial charge is 0.508 e. The molecule has 0 amide bonds. The molecular weight excluding hydrogens is 341 g/mol. The highest BCUT2D eigenvalue weighted by molar-refractivity contribution is 6.21. The van der Waals surface area contributed by atoms with E-state index in [4.69, 9.17) is 11.6 Å². The van der Waals surface area contributed by atoms with Crippen LogP contribution in [0.3, 0.4) is 0 Å². The minimum atomic E-state index is -0.403. The zero-order valence-electron chi connectivity index (χ0n) is 14.9. The molecule has 0 spiro atoms. The number of carbonyl (C=O) groups is 1. The summed E-state index contributed by atoms with van der Waals surface area (Å²) in [5.74, 6) is -0.195. The molecule has 0 aliphatic rings. The standard InChI is InChI=1S/C20H23ClFNO2/c1-12-7-16(25)8-13(2)19(12)20(21)18(23(3)4)10-15-6-5-14(11-24)9-17(15)22/h5-9,11,18,20,25H,10H2,1-4H3/t18-,20+/m0/s1. The lowest BCUT2D eigenvalue weighted by Crippen LogP contribution is -2.34. The molecule has 5 heteroatoms. The summed E-state index contributed by atoms with van der Waals surface area (Å²) in [6.07, 6.45) is 1.04. The third kappa shape index (κ3) is 4.39. The zero-order valence-corrected chi connectivity index (χ0v) is 15.6. The summed E-state index contributed by atoms with van der Waals surface area (Å²) in [5.41, 5.74) is 3.59. The minimum Gasteiger partial charge on any atom is -0.508 e. The van der Waals surface area contributed by atoms with Gasteiger partial charge in [-0.2, -0.15) is 0 Å². The van der Waals surface area contributed by atoms with Gasteiger partial charge in [0, 0.05) is 11.6 Å². The van der Waals surface area contributed by atoms with Crippen molar-refractivity contribution in [3.05, 3.63) is 64.0 Å². The number of benzene rings is 2. The van der Waals surface area contributed by atoms with E-state index in [0.717, 1.165) is 16.7 Å². The number of phenols is 1. The predicted molar refractivity (Wildman–Crippen MR) is 99.1 cm³/mol. The maximum atomic E-state index is 14.3. The van der Waals surface area contributed by atoms with Gasteiger partial charge < -0.3 is 10.0 Å². The van der Waals surface area contributed by atoms with Gasteiger partial charge in [0.25, 0.3) is 0 Å². The van der Waals surface area contributed by atoms with E-state index in [9.17, 15) is 14.3 Å². The van der Waals surface area contributed by atoms with Gasteiger partial charge in [-0.3, -0.25) is 4.79 Å². The van der Waals surface area contributed by atoms with E-state index in [-0.39, 0.29) is 17.2 Å². The smallest absolute Gasteiger partial charge is 0.150 e. The number of aryl methyl sites for hydroxylation is 2. The van der Waals surface area contributed by atoms with E-state index in [1.165, 1.54) is 6.07 Å². The summed E-state index contributed by atoms with van der Waals surface area (Å²) in [4.78, 5) is 12.7. The number of likely N-dealkylation sites (N-methyl/N-ethyl adjacent to an activating group) is 1. The molecule has 0 saturated heterocycles. The van der Waals surface area contributed by atoms with Crippen LogP contribution in [0.2, 0.25) is 0 Å². The molecule has 0 aliphatic carbocycles. The Morgan fingerprint density at radius 3 is 2.28 bits per heavy atom. The van der Waals surface area contributed by atoms with Crippen molar-refractivity contribution in [1.29, 1.82) is 0 Å². The molecule has 0 radical (unpaired) electrons. The van der Waals surface area contributed by atoms with Crippen LogP contribution in [0.4, 0.5) is 4.39 Å². The number of aromatic hydroxyl groups is 1. The predicted octanol–water partition coefficient (Wildman–Crippen LogP) is 4.41. The van der Waals surface area contributed by atoms with Crippen molar-refractivity contribution >= 4 is 17.9 Å². The highest BCUT2D eigenvalue weighted by atomic mass is 35.5. The van der Waals surface area contributed by atoms with E-state index in [1.807, 2.05) is 32.8 Å². The number of hydrogen-bond acceptors (Lipinski definition) is 3. The topological polar surface area (TPSA) is 40.5 Å². The van der Waals surface area contributed by atoms with Crippen molar-refractivity contribution in [2.75, 3.05) is 14.1 Å². The van der Waals surface area contributed by atoms with Crippen molar-refractivity contribution in [3.63, 3.8) is 0 Å². The van der Waals surface area contributed by atoms with Gasteiger partial charge in [-0.1, -0.05) is 12.1 Å². The first-order valence-corrected chi connectivity index (χ1v) is 8.52. The lowest BCUT2D eigenvalue weighted by Gasteiger charge is -2.31. The van der Waals surface area contributed by atoms with Crippen LogP contribution in [0, 0.1) is 19.7 Å². The Balaban J connectivity index is 2.37. The van der Waals surface area contributed by atoms with Crippen molar-refractivity contribution in [2.45, 2.75) is 31.7 Å². The fourth-order valence-electron chi connectivity index (χ4n) is 3.15. The number of rotatable bonds is 6. The van der Waals surface area contributed by atoms with Crippen LogP contribution in [0.25, 0.3) is 0 Å². The SMILES string of the molecule is Cc1cc(O)cc(C)c1[C@H](Cl)[C@H](Cc1ccc(C=O)cc1F)N(C)C. The lowest BCUT2D eigenvalue weighted by molar-refractivity contribution is 0.112. The molecule has 134 valence electrons. The fraction of sp³-hybridized carbons (Fsp3) is 0.350. The molecule has 1 N–H and O–H groups in total. The molecule has 0 bridgehead atoms. The van der Waals surface area contributed by atoms with E-state index in [2.05, 4.69) is 0 Å². The van der Waals surface area contributed by atoms with Crippen LogP contribution in [-0.4, -0.2) is 36.4 Å². The summed E-state index contributed by atoms with van der Waals surface area (Å²) >= 11 is 6.79. The van der Waals surface area contributed by atoms with Crippen LogP contribution in [0.5, 0.6) is 5.75 Å². The first-order chi connectivity index (χ1) is 11.7. The number of alkyl halides is 1. The van der Waals surface area contributed by atoms with E-state index in [0.29, 0.717) is 23.8 Å². The van der Waals surface area contributed by atoms with Gasteiger partial charge in [-0.25, -0.2) is 4.39 Å². The van der Waals surface area contributed by atoms with E-state index >= 15 is 0 Å². The van der Waals surface area contributed by atoms with Crippen molar-refractivity contribution in [1.82, 2.24) is 4.90 Å². The number of nitrogens with zero attached hydrogens (tertiary/aromatic N) is 1. The molecule has 25 heavy (non-hydrogen) atoms. The van der Waals surface area contributed by atoms with Crippen LogP contribution >= 0.6 is 11.6 Å². The maximum Gasteiger partial charge on any atom is 0.150 e. The first-order valence-electron chi connectivity index (χ1n) is 8.08. The van der Waals surface area contributed by atoms with E-state index in [1.54, 1.807) is 24.3 Å². The number of phenolic OH excluding ortho intramolecular Hbond substituents is 1. The Bertz CT molecular complexity index is 753. The maximum absolute atomic E-state index is 14.3. The van der Waals surface area contributed by atoms with Crippen LogP contribution in [0.1, 0.15) is 38.0 Å². The molecule has 0 saturated carbocycles. The van der Waals surface area contributed by atoms with Crippen LogP contribution in [0.15, 0.2) is 30.3 Å². The molecule has 0 unspecified atom stereocenters. The molecule has 2 atom stereocenters. The van der Waals surface area contributed by atoms with Crippen LogP contribution in [-0.2, 0) is 6.42 Å². The highest BCUT2D eigenvalue weighted by Gasteiger charge is 2.27. The summed E-state index contributed by atoms with van der Waals surface area (Å²) in [6, 6.07) is 7.71. The number of aldehydes is 1. The number of halogens is 2. The summed E-state index contributed by atoms with van der Waals surface area (Å²) < 4.78 is 14.3. The van der Waals surface area contributed by atoms with Gasteiger partial charge in [-0.15, -0.1) is 11.6 Å². The zero-order chi connectivity index (χ0) is 18.7. The van der Waals surface area contributed by atoms with Crippen molar-refractivity contribution < 1.29 is 14.3 Å². The summed E-state index contributed by atoms with van der Waals surface area (Å²) in [5, 5.41) is 9.36. The number of hydrogen-bond donors (Lipinski definition) is 1. The monoisotopic (exact) mass is 363 g/mol. The Kier molecular flexibility index (Phi) is 6.20. The Morgan fingerprint density at radius 2 is 1.80 bits per heavy atom. The van der Waals surface area contributed by atoms with Crippen LogP contribution < -0.4 is 0 Å². The normalized spacial score (nSPS) is 13.7. The van der Waals surface area contributed by atoms with Gasteiger partial charge in [0.2, 0.25) is 0 Å². The van der Waals surface area contributed by atoms with Gasteiger partial charge >= 0.3 is 0 Å². The molecule has 0 heterocycles. The fourth-order valence-corrected chi connectivity index (χ4v) is 3.81. The average Bonchev–Trinajstić information content (AvgIpc) is 2.52. The Hall–Kier alpha value is -1.91. The molecule has 0 aromatic heterocycles. The summed E-state index contributed by atoms with van der Waals surface area (Å²) in [6.45, 7) is 3.81. The quantitative estimate of drug-likeness (QED) is 0.610. The second-order valence-corrected chi connectivity index (χ2v) is 7.07. The molecule has 2 aromatic carbocycles. The molecule has 2 aromatic rings. The van der Waals surface area contributed by atoms with Gasteiger partial charge in [0.05, 0.1) is 5.38 Å². The molecule has 0 aliphatic heterocycles. The number of carbonyl (C=O) groups excluding carboxylic acids is 1. The minimum absolute atomic E-state index is 0.153. The third-order valence-corrected chi connectivity index (χ3v) is 5.01. The lowest BCUT2D eigenvalue weighted by atomic mass is 9.91. The molecular formula is C20H23ClFNO2. The second-order valence-electron chi connectivity index (χ2n) is 6.60. The van der Waals surface area contributed by atoms with Crippen molar-refractivity contribution in [2.24, 2.45) is 0 Å². The first kappa shape index (κ1) is 19.4. The third-order valence-electron chi connectivity index (χ3n) is 4.50. The van der Waals surface area contributed by atoms with Gasteiger partial charge in [0.1, 0.15) is 17.9 Å². The molecule has 0 fully saturated rings.